The SMILES string of the molecule is CC(Sc1nnc(-c2ccncc2)n1C)C(=O)Nc1ccnn1C(C)C. The molecule has 3 heterocycles. The lowest BCUT2D eigenvalue weighted by Crippen LogP contribution is -2.25. The van der Waals surface area contributed by atoms with Crippen LogP contribution >= 0.6 is 11.8 Å². The lowest BCUT2D eigenvalue weighted by atomic mass is 10.2. The highest BCUT2D eigenvalue weighted by Gasteiger charge is 2.20. The lowest BCUT2D eigenvalue weighted by Gasteiger charge is -2.14. The van der Waals surface area contributed by atoms with Crippen molar-refractivity contribution in [3.05, 3.63) is 36.8 Å². The number of thioether (sulfide) groups is 1. The minimum Gasteiger partial charge on any atom is -0.310 e. The Balaban J connectivity index is 1.70. The number of anilines is 1. The fourth-order valence-electron chi connectivity index (χ4n) is 2.43. The van der Waals surface area contributed by atoms with Gasteiger partial charge in [-0.1, -0.05) is 11.8 Å². The van der Waals surface area contributed by atoms with Crippen LogP contribution in [0.2, 0.25) is 0 Å². The van der Waals surface area contributed by atoms with Gasteiger partial charge in [0.1, 0.15) is 5.82 Å². The van der Waals surface area contributed by atoms with Crippen molar-refractivity contribution in [3.63, 3.8) is 0 Å². The molecule has 3 aromatic rings. The van der Waals surface area contributed by atoms with E-state index in [9.17, 15) is 4.79 Å². The third-order valence-electron chi connectivity index (χ3n) is 3.84. The van der Waals surface area contributed by atoms with Crippen LogP contribution < -0.4 is 5.32 Å². The van der Waals surface area contributed by atoms with Crippen molar-refractivity contribution in [1.29, 1.82) is 0 Å². The van der Waals surface area contributed by atoms with Crippen molar-refractivity contribution in [2.75, 3.05) is 5.32 Å². The molecule has 0 aliphatic heterocycles. The molecule has 26 heavy (non-hydrogen) atoms. The van der Waals surface area contributed by atoms with E-state index in [2.05, 4.69) is 25.6 Å². The summed E-state index contributed by atoms with van der Waals surface area (Å²) in [5.41, 5.74) is 0.930. The zero-order valence-electron chi connectivity index (χ0n) is 15.1. The molecule has 3 rings (SSSR count). The summed E-state index contributed by atoms with van der Waals surface area (Å²) in [6.07, 6.45) is 5.10. The molecular weight excluding hydrogens is 350 g/mol. The van der Waals surface area contributed by atoms with Crippen LogP contribution in [0.5, 0.6) is 0 Å². The number of amides is 1. The van der Waals surface area contributed by atoms with Crippen LogP contribution in [0.15, 0.2) is 41.9 Å². The first-order valence-corrected chi connectivity index (χ1v) is 9.16. The zero-order chi connectivity index (χ0) is 18.7. The van der Waals surface area contributed by atoms with Crippen molar-refractivity contribution >= 4 is 23.5 Å². The van der Waals surface area contributed by atoms with Gasteiger partial charge in [-0.3, -0.25) is 9.78 Å². The van der Waals surface area contributed by atoms with Gasteiger partial charge in [0.2, 0.25) is 5.91 Å². The summed E-state index contributed by atoms with van der Waals surface area (Å²) in [4.78, 5) is 16.5. The lowest BCUT2D eigenvalue weighted by molar-refractivity contribution is -0.115. The zero-order valence-corrected chi connectivity index (χ0v) is 15.9. The van der Waals surface area contributed by atoms with Crippen molar-refractivity contribution in [1.82, 2.24) is 29.5 Å². The molecule has 0 aliphatic carbocycles. The monoisotopic (exact) mass is 371 g/mol. The number of pyridine rings is 1. The highest BCUT2D eigenvalue weighted by molar-refractivity contribution is 8.00. The Bertz CT molecular complexity index is 888. The number of hydrogen-bond donors (Lipinski definition) is 1. The second-order valence-corrected chi connectivity index (χ2v) is 7.41. The highest BCUT2D eigenvalue weighted by Crippen LogP contribution is 2.26. The summed E-state index contributed by atoms with van der Waals surface area (Å²) in [7, 11) is 1.89. The summed E-state index contributed by atoms with van der Waals surface area (Å²) in [6, 6.07) is 5.72. The van der Waals surface area contributed by atoms with Gasteiger partial charge in [-0.2, -0.15) is 5.10 Å². The van der Waals surface area contributed by atoms with Crippen molar-refractivity contribution < 1.29 is 4.79 Å². The average molecular weight is 371 g/mol. The molecule has 1 N–H and O–H groups in total. The predicted octanol–water partition coefficient (Wildman–Crippen LogP) is 2.77. The van der Waals surface area contributed by atoms with Crippen LogP contribution in [0.25, 0.3) is 11.4 Å². The fraction of sp³-hybridized carbons (Fsp3) is 0.353. The first-order valence-electron chi connectivity index (χ1n) is 8.28. The van der Waals surface area contributed by atoms with Crippen LogP contribution in [0, 0.1) is 0 Å². The van der Waals surface area contributed by atoms with Gasteiger partial charge in [0.15, 0.2) is 11.0 Å². The Labute approximate surface area is 156 Å². The molecule has 8 nitrogen and oxygen atoms in total. The largest absolute Gasteiger partial charge is 0.310 e. The van der Waals surface area contributed by atoms with Gasteiger partial charge >= 0.3 is 0 Å². The number of rotatable bonds is 6. The van der Waals surface area contributed by atoms with Crippen LogP contribution in [0.3, 0.4) is 0 Å². The van der Waals surface area contributed by atoms with E-state index in [1.807, 2.05) is 44.5 Å². The predicted molar refractivity (Wildman–Crippen MR) is 101 cm³/mol. The molecule has 1 atom stereocenters. The Morgan fingerprint density at radius 1 is 1.12 bits per heavy atom. The van der Waals surface area contributed by atoms with Crippen molar-refractivity contribution in [2.24, 2.45) is 7.05 Å². The number of hydrogen-bond acceptors (Lipinski definition) is 6. The molecule has 0 bridgehead atoms. The minimum absolute atomic E-state index is 0.106. The van der Waals surface area contributed by atoms with Crippen LogP contribution in [-0.4, -0.2) is 40.7 Å². The summed E-state index contributed by atoms with van der Waals surface area (Å²) in [5.74, 6) is 1.32. The van der Waals surface area contributed by atoms with Crippen LogP contribution in [-0.2, 0) is 11.8 Å². The minimum atomic E-state index is -0.335. The van der Waals surface area contributed by atoms with Gasteiger partial charge in [-0.15, -0.1) is 10.2 Å². The first-order chi connectivity index (χ1) is 12.5. The summed E-state index contributed by atoms with van der Waals surface area (Å²) >= 11 is 1.36. The first kappa shape index (κ1) is 18.1. The van der Waals surface area contributed by atoms with E-state index in [0.29, 0.717) is 11.0 Å². The van der Waals surface area contributed by atoms with Crippen molar-refractivity contribution in [3.8, 4) is 11.4 Å². The smallest absolute Gasteiger partial charge is 0.238 e. The molecule has 1 amide bonds. The quantitative estimate of drug-likeness (QED) is 0.670. The molecular formula is C17H21N7OS. The maximum Gasteiger partial charge on any atom is 0.238 e. The van der Waals surface area contributed by atoms with Gasteiger partial charge in [0, 0.05) is 37.1 Å². The average Bonchev–Trinajstić information content (AvgIpc) is 3.23. The number of nitrogens with one attached hydrogen (secondary N) is 1. The number of carbonyl (C=O) groups is 1. The van der Waals surface area contributed by atoms with E-state index in [1.54, 1.807) is 29.3 Å². The maximum atomic E-state index is 12.5. The highest BCUT2D eigenvalue weighted by atomic mass is 32.2. The molecule has 0 saturated heterocycles. The summed E-state index contributed by atoms with van der Waals surface area (Å²) < 4.78 is 3.65. The Morgan fingerprint density at radius 2 is 1.85 bits per heavy atom. The summed E-state index contributed by atoms with van der Waals surface area (Å²) in [5, 5.41) is 15.9. The maximum absolute atomic E-state index is 12.5. The molecule has 3 aromatic heterocycles. The molecule has 0 aliphatic rings. The van der Waals surface area contributed by atoms with Crippen LogP contribution in [0.4, 0.5) is 5.82 Å². The molecule has 0 fully saturated rings. The molecule has 0 radical (unpaired) electrons. The Hall–Kier alpha value is -2.68. The Kier molecular flexibility index (Phi) is 5.36. The third kappa shape index (κ3) is 3.77. The molecule has 0 spiro atoms. The van der Waals surface area contributed by atoms with Gasteiger partial charge in [-0.05, 0) is 32.9 Å². The number of nitrogens with zero attached hydrogens (tertiary/aromatic N) is 6. The van der Waals surface area contributed by atoms with E-state index in [0.717, 1.165) is 11.4 Å². The fourth-order valence-corrected chi connectivity index (χ4v) is 3.25. The van der Waals surface area contributed by atoms with E-state index in [-0.39, 0.29) is 17.2 Å². The molecule has 1 unspecified atom stereocenters. The standard InChI is InChI=1S/C17H21N7OS/c1-11(2)24-14(7-10-19-24)20-16(25)12(3)26-17-22-21-15(23(17)4)13-5-8-18-9-6-13/h5-12H,1-4H3,(H,20,25). The topological polar surface area (TPSA) is 90.5 Å². The van der Waals surface area contributed by atoms with E-state index in [1.165, 1.54) is 11.8 Å². The second-order valence-electron chi connectivity index (χ2n) is 6.11. The molecule has 9 heteroatoms. The third-order valence-corrected chi connectivity index (χ3v) is 4.97. The number of aromatic nitrogens is 6. The molecule has 136 valence electrons. The normalized spacial score (nSPS) is 12.3. The van der Waals surface area contributed by atoms with Gasteiger partial charge in [0.05, 0.1) is 11.4 Å². The van der Waals surface area contributed by atoms with Crippen LogP contribution in [0.1, 0.15) is 26.8 Å². The van der Waals surface area contributed by atoms with Gasteiger partial charge < -0.3 is 9.88 Å². The number of carbonyl (C=O) groups excluding carboxylic acids is 1. The van der Waals surface area contributed by atoms with E-state index in [4.69, 9.17) is 0 Å². The Morgan fingerprint density at radius 3 is 2.54 bits per heavy atom. The second kappa shape index (κ2) is 7.69. The molecule has 0 saturated carbocycles. The van der Waals surface area contributed by atoms with Gasteiger partial charge in [-0.25, -0.2) is 4.68 Å². The van der Waals surface area contributed by atoms with Gasteiger partial charge in [0.25, 0.3) is 0 Å². The van der Waals surface area contributed by atoms with E-state index >= 15 is 0 Å². The van der Waals surface area contributed by atoms with E-state index < -0.39 is 0 Å². The van der Waals surface area contributed by atoms with Crippen molar-refractivity contribution in [2.45, 2.75) is 37.2 Å². The molecule has 0 aromatic carbocycles. The summed E-state index contributed by atoms with van der Waals surface area (Å²) in [6.45, 7) is 5.87.